The van der Waals surface area contributed by atoms with Gasteiger partial charge in [-0.2, -0.15) is 0 Å². The highest BCUT2D eigenvalue weighted by Gasteiger charge is 2.40. The summed E-state index contributed by atoms with van der Waals surface area (Å²) in [5.74, 6) is 0. The maximum atomic E-state index is 5.23. The van der Waals surface area contributed by atoms with Crippen LogP contribution in [0.25, 0.3) is 0 Å². The molecule has 0 amide bonds. The van der Waals surface area contributed by atoms with Crippen LogP contribution < -0.4 is 0 Å². The van der Waals surface area contributed by atoms with Gasteiger partial charge < -0.3 is 9.64 Å². The lowest BCUT2D eigenvalue weighted by atomic mass is 9.95. The van der Waals surface area contributed by atoms with Crippen LogP contribution in [0.4, 0.5) is 0 Å². The second kappa shape index (κ2) is 5.58. The van der Waals surface area contributed by atoms with Crippen molar-refractivity contribution in [2.75, 3.05) is 47.9 Å². The smallest absolute Gasteiger partial charge is 0.0801 e. The summed E-state index contributed by atoms with van der Waals surface area (Å²) in [6.07, 6.45) is 0. The fourth-order valence-corrected chi connectivity index (χ4v) is 1.42. The summed E-state index contributed by atoms with van der Waals surface area (Å²) in [6.45, 7) is 6.83. The minimum Gasteiger partial charge on any atom is -0.377 e. The molecule has 0 atom stereocenters. The molecule has 13 heavy (non-hydrogen) atoms. The van der Waals surface area contributed by atoms with Gasteiger partial charge >= 0.3 is 0 Å². The van der Waals surface area contributed by atoms with E-state index in [9.17, 15) is 0 Å². The van der Waals surface area contributed by atoms with Crippen molar-refractivity contribution in [1.82, 2.24) is 9.80 Å². The van der Waals surface area contributed by atoms with Gasteiger partial charge in [-0.25, -0.2) is 0 Å². The molecule has 1 aliphatic rings. The molecule has 0 N–H and O–H groups in total. The number of hydrogen-bond donors (Lipinski definition) is 0. The van der Waals surface area contributed by atoms with Gasteiger partial charge in [-0.1, -0.05) is 13.8 Å². The van der Waals surface area contributed by atoms with E-state index in [1.165, 1.54) is 0 Å². The third-order valence-corrected chi connectivity index (χ3v) is 2.30. The lowest BCUT2D eigenvalue weighted by Crippen LogP contribution is -2.64. The van der Waals surface area contributed by atoms with E-state index in [-0.39, 0.29) is 5.54 Å². The largest absolute Gasteiger partial charge is 0.377 e. The maximum Gasteiger partial charge on any atom is 0.0801 e. The third-order valence-electron chi connectivity index (χ3n) is 2.30. The Morgan fingerprint density at radius 3 is 1.62 bits per heavy atom. The van der Waals surface area contributed by atoms with Crippen LogP contribution in [0.1, 0.15) is 13.8 Å². The van der Waals surface area contributed by atoms with Crippen LogP contribution in [-0.4, -0.2) is 63.3 Å². The summed E-state index contributed by atoms with van der Waals surface area (Å²) >= 11 is 0. The van der Waals surface area contributed by atoms with Crippen molar-refractivity contribution in [2.24, 2.45) is 0 Å². The zero-order valence-corrected chi connectivity index (χ0v) is 9.92. The lowest BCUT2D eigenvalue weighted by molar-refractivity contribution is -0.132. The van der Waals surface area contributed by atoms with Crippen molar-refractivity contribution in [2.45, 2.75) is 19.4 Å². The Bertz CT molecular complexity index is 131. The molecular formula is C10H24N2O. The van der Waals surface area contributed by atoms with Gasteiger partial charge in [-0.3, -0.25) is 4.90 Å². The molecule has 0 aliphatic carbocycles. The molecule has 1 saturated heterocycles. The zero-order valence-electron chi connectivity index (χ0n) is 9.92. The van der Waals surface area contributed by atoms with Gasteiger partial charge in [-0.05, 0) is 28.2 Å². The number of hydrogen-bond acceptors (Lipinski definition) is 3. The molecular weight excluding hydrogens is 164 g/mol. The molecule has 0 spiro atoms. The number of likely N-dealkylation sites (N-methyl/N-ethyl adjacent to an activating group) is 2. The average molecular weight is 188 g/mol. The molecule has 0 aromatic carbocycles. The molecule has 1 heterocycles. The second-order valence-electron chi connectivity index (χ2n) is 3.85. The number of rotatable bonds is 3. The minimum absolute atomic E-state index is 0.281. The van der Waals surface area contributed by atoms with Crippen LogP contribution in [0, 0.1) is 0 Å². The van der Waals surface area contributed by atoms with Gasteiger partial charge in [0.1, 0.15) is 0 Å². The second-order valence-corrected chi connectivity index (χ2v) is 3.85. The van der Waals surface area contributed by atoms with Gasteiger partial charge in [-0.15, -0.1) is 0 Å². The van der Waals surface area contributed by atoms with E-state index in [0.717, 1.165) is 19.8 Å². The molecule has 0 radical (unpaired) electrons. The Balaban J connectivity index is 0.000000671. The van der Waals surface area contributed by atoms with E-state index in [2.05, 4.69) is 38.0 Å². The fourth-order valence-electron chi connectivity index (χ4n) is 1.42. The first-order valence-corrected chi connectivity index (χ1v) is 4.97. The SMILES string of the molecule is CC.CN(C)CC1(N(C)C)COC1. The molecule has 0 unspecified atom stereocenters. The van der Waals surface area contributed by atoms with Crippen molar-refractivity contribution in [1.29, 1.82) is 0 Å². The molecule has 80 valence electrons. The summed E-state index contributed by atoms with van der Waals surface area (Å²) in [4.78, 5) is 4.47. The standard InChI is InChI=1S/C8H18N2O.C2H6/c1-9(2)5-8(10(3)4)6-11-7-8;1-2/h5-7H2,1-4H3;1-2H3. The Labute approximate surface area is 82.7 Å². The normalized spacial score (nSPS) is 19.4. The summed E-state index contributed by atoms with van der Waals surface area (Å²) in [6, 6.07) is 0. The summed E-state index contributed by atoms with van der Waals surface area (Å²) in [7, 11) is 8.44. The van der Waals surface area contributed by atoms with Gasteiger partial charge in [0, 0.05) is 6.54 Å². The van der Waals surface area contributed by atoms with Crippen LogP contribution in [-0.2, 0) is 4.74 Å². The Morgan fingerprint density at radius 2 is 1.54 bits per heavy atom. The van der Waals surface area contributed by atoms with Gasteiger partial charge in [0.25, 0.3) is 0 Å². The summed E-state index contributed by atoms with van der Waals surface area (Å²) in [5, 5.41) is 0. The molecule has 0 bridgehead atoms. The maximum absolute atomic E-state index is 5.23. The molecule has 1 rings (SSSR count). The van der Waals surface area contributed by atoms with Gasteiger partial charge in [0.05, 0.1) is 18.8 Å². The van der Waals surface area contributed by atoms with Crippen molar-refractivity contribution in [3.63, 3.8) is 0 Å². The number of ether oxygens (including phenoxy) is 1. The average Bonchev–Trinajstić information content (AvgIpc) is 2.00. The highest BCUT2D eigenvalue weighted by molar-refractivity contribution is 4.95. The van der Waals surface area contributed by atoms with E-state index in [4.69, 9.17) is 4.74 Å². The Morgan fingerprint density at radius 1 is 1.08 bits per heavy atom. The molecule has 0 saturated carbocycles. The molecule has 0 aromatic rings. The van der Waals surface area contributed by atoms with E-state index in [1.807, 2.05) is 13.8 Å². The van der Waals surface area contributed by atoms with E-state index in [0.29, 0.717) is 0 Å². The quantitative estimate of drug-likeness (QED) is 0.654. The lowest BCUT2D eigenvalue weighted by Gasteiger charge is -2.47. The van der Waals surface area contributed by atoms with Crippen LogP contribution >= 0.6 is 0 Å². The predicted octanol–water partition coefficient (Wildman–Crippen LogP) is 0.905. The number of nitrogens with zero attached hydrogens (tertiary/aromatic N) is 2. The fraction of sp³-hybridized carbons (Fsp3) is 1.00. The first kappa shape index (κ1) is 12.9. The molecule has 1 fully saturated rings. The molecule has 3 nitrogen and oxygen atoms in total. The van der Waals surface area contributed by atoms with Crippen LogP contribution in [0.15, 0.2) is 0 Å². The molecule has 1 aliphatic heterocycles. The van der Waals surface area contributed by atoms with E-state index >= 15 is 0 Å². The summed E-state index contributed by atoms with van der Waals surface area (Å²) in [5.41, 5.74) is 0.281. The monoisotopic (exact) mass is 188 g/mol. The zero-order chi connectivity index (χ0) is 10.5. The summed E-state index contributed by atoms with van der Waals surface area (Å²) < 4.78 is 5.23. The van der Waals surface area contributed by atoms with Crippen LogP contribution in [0.3, 0.4) is 0 Å². The van der Waals surface area contributed by atoms with Gasteiger partial charge in [0.15, 0.2) is 0 Å². The van der Waals surface area contributed by atoms with Gasteiger partial charge in [0.2, 0.25) is 0 Å². The first-order chi connectivity index (χ1) is 6.07. The highest BCUT2D eigenvalue weighted by Crippen LogP contribution is 2.22. The molecule has 3 heteroatoms. The van der Waals surface area contributed by atoms with Crippen molar-refractivity contribution < 1.29 is 4.74 Å². The van der Waals surface area contributed by atoms with Crippen LogP contribution in [0.5, 0.6) is 0 Å². The molecule has 0 aromatic heterocycles. The first-order valence-electron chi connectivity index (χ1n) is 4.97. The third kappa shape index (κ3) is 3.25. The topological polar surface area (TPSA) is 15.7 Å². The van der Waals surface area contributed by atoms with E-state index in [1.54, 1.807) is 0 Å². The van der Waals surface area contributed by atoms with Crippen molar-refractivity contribution in [3.05, 3.63) is 0 Å². The highest BCUT2D eigenvalue weighted by atomic mass is 16.5. The Hall–Kier alpha value is -0.120. The van der Waals surface area contributed by atoms with E-state index < -0.39 is 0 Å². The van der Waals surface area contributed by atoms with Crippen molar-refractivity contribution >= 4 is 0 Å². The predicted molar refractivity (Wildman–Crippen MR) is 57.1 cm³/mol. The Kier molecular flexibility index (Phi) is 5.53. The minimum atomic E-state index is 0.281. The van der Waals surface area contributed by atoms with Crippen LogP contribution in [0.2, 0.25) is 0 Å². The van der Waals surface area contributed by atoms with Crippen molar-refractivity contribution in [3.8, 4) is 0 Å².